The first-order chi connectivity index (χ1) is 38.1. The molecule has 4 aliphatic rings. The highest BCUT2D eigenvalue weighted by Crippen LogP contribution is 2.54. The topological polar surface area (TPSA) is 210 Å². The second-order valence-electron chi connectivity index (χ2n) is 22.8. The van der Waals surface area contributed by atoms with E-state index < -0.39 is 43.2 Å². The molecule has 426 valence electrons. The molecule has 2 saturated heterocycles. The number of rotatable bonds is 18. The molecule has 1 spiro atoms. The van der Waals surface area contributed by atoms with Gasteiger partial charge in [0.15, 0.2) is 5.75 Å². The van der Waals surface area contributed by atoms with Crippen LogP contribution in [0.15, 0.2) is 90.2 Å². The first-order valence-corrected chi connectivity index (χ1v) is 28.8. The Labute approximate surface area is 464 Å². The average molecular weight is 1120 g/mol. The van der Waals surface area contributed by atoms with Crippen molar-refractivity contribution in [2.24, 2.45) is 11.3 Å². The van der Waals surface area contributed by atoms with E-state index >= 15 is 0 Å². The van der Waals surface area contributed by atoms with Gasteiger partial charge < -0.3 is 29.4 Å². The summed E-state index contributed by atoms with van der Waals surface area (Å²) in [6.07, 6.45) is 10.7. The number of piperazine rings is 1. The normalized spacial score (nSPS) is 21.1. The number of methoxy groups -OCH3 is 2. The summed E-state index contributed by atoms with van der Waals surface area (Å²) in [5.41, 5.74) is 3.16. The van der Waals surface area contributed by atoms with Crippen LogP contribution in [0, 0.1) is 27.3 Å². The van der Waals surface area contributed by atoms with Crippen LogP contribution >= 0.6 is 0 Å². The molecule has 18 nitrogen and oxygen atoms in total. The number of hydrogen-bond acceptors (Lipinski definition) is 15. The van der Waals surface area contributed by atoms with Crippen LogP contribution in [0.25, 0.3) is 11.0 Å². The first kappa shape index (κ1) is 56.4. The van der Waals surface area contributed by atoms with Crippen molar-refractivity contribution in [3.05, 3.63) is 129 Å². The van der Waals surface area contributed by atoms with Crippen LogP contribution in [0.3, 0.4) is 0 Å². The van der Waals surface area contributed by atoms with Gasteiger partial charge >= 0.3 is 5.69 Å². The molecule has 80 heavy (non-hydrogen) atoms. The number of aromatic amines is 1. The SMILES string of the molecule is COc1nc2[nH]cc(F)c2cc1Oc1cc(N2CCC3(CC2)CC(N2CCN(Cc4ccnc(C(C)(F)F)c4)C[C@H]2c2ccccc2C(C)C)C3)ccc1C(=O)NS(=O)(=O)c1cnc(NCC2CCC(C)(OC)CC2)c([N+](=O)[O-])c1. The molecule has 0 unspecified atom stereocenters. The third kappa shape index (κ3) is 11.9. The van der Waals surface area contributed by atoms with Crippen LogP contribution in [0.4, 0.5) is 30.4 Å². The lowest BCUT2D eigenvalue weighted by Gasteiger charge is -2.58. The fraction of sp³-hybridized carbons (Fsp3) is 0.483. The van der Waals surface area contributed by atoms with Crippen LogP contribution in [-0.2, 0) is 27.2 Å². The van der Waals surface area contributed by atoms with E-state index in [9.17, 15) is 36.5 Å². The van der Waals surface area contributed by atoms with Gasteiger partial charge in [-0.25, -0.2) is 22.5 Å². The number of hydrogen-bond donors (Lipinski definition) is 3. The molecule has 6 heterocycles. The van der Waals surface area contributed by atoms with E-state index in [4.69, 9.17) is 14.2 Å². The number of nitro groups is 1. The van der Waals surface area contributed by atoms with E-state index in [1.807, 2.05) is 6.07 Å². The number of aromatic nitrogens is 4. The Balaban J connectivity index is 0.853. The number of nitrogens with one attached hydrogen (secondary N) is 3. The van der Waals surface area contributed by atoms with Gasteiger partial charge in [-0.3, -0.25) is 29.7 Å². The maximum atomic E-state index is 14.9. The predicted molar refractivity (Wildman–Crippen MR) is 296 cm³/mol. The summed E-state index contributed by atoms with van der Waals surface area (Å²) in [6, 6.07) is 19.5. The van der Waals surface area contributed by atoms with Crippen molar-refractivity contribution in [2.75, 3.05) is 63.7 Å². The summed E-state index contributed by atoms with van der Waals surface area (Å²) >= 11 is 0. The first-order valence-electron chi connectivity index (χ1n) is 27.3. The van der Waals surface area contributed by atoms with Crippen LogP contribution in [0.5, 0.6) is 17.4 Å². The summed E-state index contributed by atoms with van der Waals surface area (Å²) in [4.78, 5) is 47.6. The van der Waals surface area contributed by atoms with Crippen molar-refractivity contribution >= 4 is 44.2 Å². The van der Waals surface area contributed by atoms with Crippen molar-refractivity contribution in [1.82, 2.24) is 34.5 Å². The van der Waals surface area contributed by atoms with Gasteiger partial charge in [0, 0.05) is 108 Å². The number of carbonyl (C=O) groups excluding carboxylic acids is 1. The summed E-state index contributed by atoms with van der Waals surface area (Å²) in [5.74, 6) is -4.48. The number of amides is 1. The van der Waals surface area contributed by atoms with Gasteiger partial charge in [0.2, 0.25) is 5.82 Å². The molecule has 3 N–H and O–H groups in total. The predicted octanol–water partition coefficient (Wildman–Crippen LogP) is 10.9. The number of benzene rings is 2. The van der Waals surface area contributed by atoms with E-state index in [-0.39, 0.29) is 68.5 Å². The van der Waals surface area contributed by atoms with E-state index in [2.05, 4.69) is 89.7 Å². The van der Waals surface area contributed by atoms with Crippen LogP contribution in [0.2, 0.25) is 0 Å². The fourth-order valence-electron chi connectivity index (χ4n) is 12.3. The number of piperidine rings is 1. The zero-order valence-electron chi connectivity index (χ0n) is 45.9. The largest absolute Gasteiger partial charge is 0.478 e. The van der Waals surface area contributed by atoms with Crippen molar-refractivity contribution < 1.29 is 45.5 Å². The number of H-pyrrole nitrogens is 1. The molecule has 0 bridgehead atoms. The number of halogens is 3. The number of fused-ring (bicyclic) bond motifs is 1. The lowest BCUT2D eigenvalue weighted by Crippen LogP contribution is -2.60. The second-order valence-corrected chi connectivity index (χ2v) is 24.5. The Kier molecular flexibility index (Phi) is 15.9. The Hall–Kier alpha value is -6.88. The number of sulfonamides is 1. The van der Waals surface area contributed by atoms with Crippen molar-refractivity contribution in [3.63, 3.8) is 0 Å². The number of carbonyl (C=O) groups is 1. The van der Waals surface area contributed by atoms with Crippen LogP contribution < -0.4 is 24.4 Å². The zero-order valence-corrected chi connectivity index (χ0v) is 46.8. The van der Waals surface area contributed by atoms with Gasteiger partial charge in [0.1, 0.15) is 27.8 Å². The van der Waals surface area contributed by atoms with Gasteiger partial charge in [-0.15, -0.1) is 0 Å². The second kappa shape index (κ2) is 22.6. The molecule has 4 fully saturated rings. The summed E-state index contributed by atoms with van der Waals surface area (Å²) < 4.78 is 91.0. The number of nitrogens with zero attached hydrogens (tertiary/aromatic N) is 7. The van der Waals surface area contributed by atoms with E-state index in [1.54, 1.807) is 19.2 Å². The maximum absolute atomic E-state index is 14.9. The molecular formula is C58H69F3N10O8S. The zero-order chi connectivity index (χ0) is 56.7. The molecule has 1 atom stereocenters. The molecular weight excluding hydrogens is 1050 g/mol. The van der Waals surface area contributed by atoms with Crippen LogP contribution in [0.1, 0.15) is 124 Å². The minimum atomic E-state index is -4.76. The number of pyridine rings is 3. The molecule has 4 aromatic heterocycles. The monoisotopic (exact) mass is 1120 g/mol. The quantitative estimate of drug-likeness (QED) is 0.0540. The van der Waals surface area contributed by atoms with E-state index in [0.717, 1.165) is 102 Å². The van der Waals surface area contributed by atoms with Crippen molar-refractivity contribution in [3.8, 4) is 17.4 Å². The van der Waals surface area contributed by atoms with Gasteiger partial charge in [-0.1, -0.05) is 38.1 Å². The van der Waals surface area contributed by atoms with Gasteiger partial charge in [0.05, 0.1) is 34.8 Å². The van der Waals surface area contributed by atoms with Crippen molar-refractivity contribution in [1.29, 1.82) is 0 Å². The molecule has 2 saturated carbocycles. The maximum Gasteiger partial charge on any atom is 0.312 e. The number of anilines is 2. The summed E-state index contributed by atoms with van der Waals surface area (Å²) in [7, 11) is -1.71. The molecule has 22 heteroatoms. The lowest BCUT2D eigenvalue weighted by molar-refractivity contribution is -0.384. The molecule has 1 amide bonds. The minimum Gasteiger partial charge on any atom is -0.478 e. The minimum absolute atomic E-state index is 0.0322. The molecule has 6 aromatic rings. The number of ether oxygens (including phenoxy) is 3. The van der Waals surface area contributed by atoms with Gasteiger partial charge in [-0.05, 0) is 116 Å². The molecule has 0 radical (unpaired) electrons. The average Bonchev–Trinajstić information content (AvgIpc) is 3.86. The smallest absolute Gasteiger partial charge is 0.312 e. The molecule has 2 aliphatic carbocycles. The highest BCUT2D eigenvalue weighted by molar-refractivity contribution is 7.90. The highest BCUT2D eigenvalue weighted by Gasteiger charge is 2.50. The van der Waals surface area contributed by atoms with Gasteiger partial charge in [-0.2, -0.15) is 13.8 Å². The van der Waals surface area contributed by atoms with Crippen LogP contribution in [-0.4, -0.2) is 114 Å². The lowest BCUT2D eigenvalue weighted by atomic mass is 9.59. The Bertz CT molecular complexity index is 3370. The third-order valence-corrected chi connectivity index (χ3v) is 18.4. The Morgan fingerprint density at radius 1 is 0.975 bits per heavy atom. The third-order valence-electron chi connectivity index (χ3n) is 17.1. The molecule has 10 rings (SSSR count). The van der Waals surface area contributed by atoms with Crippen molar-refractivity contribution in [2.45, 2.75) is 120 Å². The van der Waals surface area contributed by atoms with Gasteiger partial charge in [0.25, 0.3) is 27.7 Å². The number of alkyl halides is 2. The van der Waals surface area contributed by atoms with E-state index in [1.165, 1.54) is 42.6 Å². The highest BCUT2D eigenvalue weighted by atomic mass is 32.2. The Morgan fingerprint density at radius 2 is 1.73 bits per heavy atom. The molecule has 2 aromatic carbocycles. The summed E-state index contributed by atoms with van der Waals surface area (Å²) in [5, 5.41) is 15.4. The summed E-state index contributed by atoms with van der Waals surface area (Å²) in [6.45, 7) is 12.0. The molecule has 2 aliphatic heterocycles. The fourth-order valence-corrected chi connectivity index (χ4v) is 13.2. The Morgan fingerprint density at radius 3 is 2.42 bits per heavy atom. The standard InChI is InChI=1S/C58H69F3N10O8S/c1-36(2)42-9-7-8-10-43(42)48-35-68(34-38-15-20-62-51(25-38)57(4,60)61)23-24-70(48)40-29-58(30-40)18-21-69(22-19-58)39-11-12-44(49(26-39)79-50-28-45-46(59)33-65-52(45)66-55(50)77-5)54(72)67-80(75,76)41-27-47(71(73)74)53(64-32-41)63-31-37-13-16-56(3,78-6)17-14-37/h7-12,15,20,25-28,32-33,36-37,40,48H,13-14,16-19,21-24,29-31,34-35H2,1-6H3,(H,63,64)(H,65,66)(H,67,72)/t37?,48-,56?/m0/s1. The van der Waals surface area contributed by atoms with E-state index in [0.29, 0.717) is 43.8 Å².